The molecule has 3 aromatic rings. The van der Waals surface area contributed by atoms with Gasteiger partial charge in [-0.2, -0.15) is 80.6 Å². The summed E-state index contributed by atoms with van der Waals surface area (Å²) >= 11 is 0. The van der Waals surface area contributed by atoms with Gasteiger partial charge in [-0.25, -0.2) is 0 Å². The van der Waals surface area contributed by atoms with Gasteiger partial charge < -0.3 is 29.4 Å². The average molecular weight is 733 g/mol. The third-order valence-electron chi connectivity index (χ3n) is 6.10. The normalized spacial score (nSPS) is 16.0. The molecule has 0 aromatic heterocycles. The SMILES string of the molecule is CN1C=CN(c2[c-]c(N3C=CN(C)[CH-]3)cc(C(F)(F)F)c2)[CH-]1.Cc1c[c-]c(N2C=CN(c3[c-]cccc3)[CH-]2)cc1.[Ir]. The molecule has 217 valence electrons. The van der Waals surface area contributed by atoms with Crippen molar-refractivity contribution in [3.8, 4) is 0 Å². The van der Waals surface area contributed by atoms with Crippen LogP contribution in [0.4, 0.5) is 35.9 Å². The molecule has 6 rings (SSSR count). The van der Waals surface area contributed by atoms with E-state index in [1.807, 2.05) is 59.2 Å². The Morgan fingerprint density at radius 1 is 0.659 bits per heavy atom. The Kier molecular flexibility index (Phi) is 9.35. The van der Waals surface area contributed by atoms with Gasteiger partial charge in [-0.05, 0) is 51.3 Å². The van der Waals surface area contributed by atoms with E-state index in [0.29, 0.717) is 11.4 Å². The predicted octanol–water partition coefficient (Wildman–Crippen LogP) is 6.70. The van der Waals surface area contributed by atoms with Crippen LogP contribution in [-0.2, 0) is 26.3 Å². The van der Waals surface area contributed by atoms with Crippen molar-refractivity contribution in [2.75, 3.05) is 33.7 Å². The number of halogens is 3. The largest absolute Gasteiger partial charge is 0.510 e. The summed E-state index contributed by atoms with van der Waals surface area (Å²) in [4.78, 5) is 10.8. The van der Waals surface area contributed by atoms with E-state index < -0.39 is 11.7 Å². The van der Waals surface area contributed by atoms with E-state index in [2.05, 4.69) is 37.3 Å². The van der Waals surface area contributed by atoms with Crippen LogP contribution in [-0.4, -0.2) is 23.9 Å². The standard InChI is InChI=1S/C16H13N2.C15H14F3N4.Ir/c1-14-7-9-16(10-8-14)18-12-11-17(13-18)15-5-3-2-4-6-15;1-19-3-5-21(10-19)13-7-12(15(16,17)18)8-14(9-13)22-6-4-20(2)11-22;/h2-5,7-9,11-13H,1H3;3-8,10-11H,1-2H3;/q2*-3;. The summed E-state index contributed by atoms with van der Waals surface area (Å²) < 4.78 is 39.4. The number of nitrogens with zero attached hydrogens (tertiary/aromatic N) is 6. The van der Waals surface area contributed by atoms with E-state index in [1.165, 1.54) is 5.56 Å². The van der Waals surface area contributed by atoms with Crippen LogP contribution in [0.1, 0.15) is 11.1 Å². The molecule has 3 aliphatic rings. The molecule has 0 bridgehead atoms. The van der Waals surface area contributed by atoms with Crippen LogP contribution in [0.2, 0.25) is 0 Å². The van der Waals surface area contributed by atoms with Crippen molar-refractivity contribution >= 4 is 22.7 Å². The molecule has 0 N–H and O–H groups in total. The Morgan fingerprint density at radius 2 is 1.20 bits per heavy atom. The van der Waals surface area contributed by atoms with E-state index >= 15 is 0 Å². The maximum atomic E-state index is 13.1. The summed E-state index contributed by atoms with van der Waals surface area (Å²) in [6, 6.07) is 25.7. The summed E-state index contributed by atoms with van der Waals surface area (Å²) in [5, 5.41) is 0. The first kappa shape index (κ1) is 30.1. The Hall–Kier alpha value is -3.88. The Balaban J connectivity index is 0.000000188. The van der Waals surface area contributed by atoms with E-state index in [0.717, 1.165) is 23.5 Å². The maximum Gasteiger partial charge on any atom is 0.394 e. The molecule has 6 nitrogen and oxygen atoms in total. The van der Waals surface area contributed by atoms with Gasteiger partial charge in [-0.3, -0.25) is 0 Å². The second-order valence-corrected chi connectivity index (χ2v) is 9.34. The van der Waals surface area contributed by atoms with E-state index in [9.17, 15) is 13.2 Å². The first-order valence-corrected chi connectivity index (χ1v) is 12.4. The second kappa shape index (κ2) is 12.7. The molecule has 41 heavy (non-hydrogen) atoms. The van der Waals surface area contributed by atoms with Crippen LogP contribution in [0.15, 0.2) is 91.8 Å². The smallest absolute Gasteiger partial charge is 0.394 e. The molecule has 3 heterocycles. The monoisotopic (exact) mass is 733 g/mol. The zero-order valence-electron chi connectivity index (χ0n) is 22.5. The number of benzene rings is 3. The van der Waals surface area contributed by atoms with Gasteiger partial charge in [0, 0.05) is 20.1 Å². The molecule has 10 heteroatoms. The van der Waals surface area contributed by atoms with E-state index in [-0.39, 0.29) is 20.1 Å². The van der Waals surface area contributed by atoms with Gasteiger partial charge in [0.1, 0.15) is 0 Å². The van der Waals surface area contributed by atoms with Gasteiger partial charge in [-0.15, -0.1) is 53.7 Å². The zero-order valence-corrected chi connectivity index (χ0v) is 24.9. The van der Waals surface area contributed by atoms with Gasteiger partial charge in [0.15, 0.2) is 0 Å². The Bertz CT molecular complexity index is 1350. The minimum absolute atomic E-state index is 0. The van der Waals surface area contributed by atoms with Crippen LogP contribution in [0.25, 0.3) is 0 Å². The number of anilines is 4. The third kappa shape index (κ3) is 7.45. The van der Waals surface area contributed by atoms with Gasteiger partial charge in [0.2, 0.25) is 0 Å². The molecule has 3 aliphatic heterocycles. The summed E-state index contributed by atoms with van der Waals surface area (Å²) in [5.74, 6) is 0. The molecule has 0 fully saturated rings. The molecule has 0 atom stereocenters. The van der Waals surface area contributed by atoms with Gasteiger partial charge in [0.25, 0.3) is 0 Å². The van der Waals surface area contributed by atoms with Crippen molar-refractivity contribution < 1.29 is 33.3 Å². The zero-order chi connectivity index (χ0) is 28.3. The van der Waals surface area contributed by atoms with Crippen LogP contribution >= 0.6 is 0 Å². The second-order valence-electron chi connectivity index (χ2n) is 9.34. The minimum atomic E-state index is -4.41. The predicted molar refractivity (Wildman–Crippen MR) is 151 cm³/mol. The Morgan fingerprint density at radius 3 is 1.63 bits per heavy atom. The molecular weight excluding hydrogens is 706 g/mol. The molecule has 0 saturated heterocycles. The van der Waals surface area contributed by atoms with Crippen LogP contribution in [0, 0.1) is 45.1 Å². The Labute approximate surface area is 253 Å². The van der Waals surface area contributed by atoms with Gasteiger partial charge in [-0.1, -0.05) is 12.5 Å². The van der Waals surface area contributed by atoms with E-state index in [1.54, 1.807) is 71.8 Å². The van der Waals surface area contributed by atoms with Crippen molar-refractivity contribution in [2.24, 2.45) is 0 Å². The topological polar surface area (TPSA) is 19.4 Å². The number of hydrogen-bond donors (Lipinski definition) is 0. The van der Waals surface area contributed by atoms with Crippen LogP contribution in [0.5, 0.6) is 0 Å². The van der Waals surface area contributed by atoms with Crippen molar-refractivity contribution in [2.45, 2.75) is 13.1 Å². The number of alkyl halides is 3. The van der Waals surface area contributed by atoms with Crippen molar-refractivity contribution in [3.63, 3.8) is 0 Å². The summed E-state index contributed by atoms with van der Waals surface area (Å²) in [6.07, 6.45) is 6.49. The van der Waals surface area contributed by atoms with Gasteiger partial charge in [0.05, 0.1) is 0 Å². The fraction of sp³-hybridized carbons (Fsp3) is 0.129. The van der Waals surface area contributed by atoms with Crippen LogP contribution in [0.3, 0.4) is 0 Å². The molecule has 3 aromatic carbocycles. The van der Waals surface area contributed by atoms with E-state index in [4.69, 9.17) is 0 Å². The van der Waals surface area contributed by atoms with Crippen LogP contribution < -0.4 is 19.6 Å². The molecule has 0 amide bonds. The first-order valence-electron chi connectivity index (χ1n) is 12.4. The molecule has 0 unspecified atom stereocenters. The fourth-order valence-electron chi connectivity index (χ4n) is 4.01. The fourth-order valence-corrected chi connectivity index (χ4v) is 4.01. The molecule has 1 radical (unpaired) electrons. The average Bonchev–Trinajstić information content (AvgIpc) is 3.71. The molecule has 0 spiro atoms. The minimum Gasteiger partial charge on any atom is -0.510 e. The number of rotatable bonds is 4. The number of aryl methyl sites for hydroxylation is 1. The molecule has 0 saturated carbocycles. The van der Waals surface area contributed by atoms with Crippen molar-refractivity contribution in [1.29, 1.82) is 0 Å². The summed E-state index contributed by atoms with van der Waals surface area (Å²) in [6.45, 7) is 7.46. The first-order chi connectivity index (χ1) is 19.2. The quantitative estimate of drug-likeness (QED) is 0.277. The number of para-hydroxylation sites is 1. The summed E-state index contributed by atoms with van der Waals surface area (Å²) in [7, 11) is 3.61. The maximum absolute atomic E-state index is 13.1. The number of hydrogen-bond acceptors (Lipinski definition) is 6. The molecule has 0 aliphatic carbocycles. The van der Waals surface area contributed by atoms with Crippen molar-refractivity contribution in [1.82, 2.24) is 9.80 Å². The van der Waals surface area contributed by atoms with Gasteiger partial charge >= 0.3 is 6.18 Å². The third-order valence-corrected chi connectivity index (χ3v) is 6.10. The molecular formula is C31H27F3IrN6-6. The van der Waals surface area contributed by atoms with Crippen molar-refractivity contribution in [3.05, 3.63) is 141 Å². The summed E-state index contributed by atoms with van der Waals surface area (Å²) in [5.41, 5.74) is 3.25.